The van der Waals surface area contributed by atoms with Crippen LogP contribution in [-0.2, 0) is 0 Å². The zero-order valence-corrected chi connectivity index (χ0v) is 11.5. The first-order valence-corrected chi connectivity index (χ1v) is 6.47. The van der Waals surface area contributed by atoms with Crippen LogP contribution >= 0.6 is 11.6 Å². The molecule has 0 aliphatic rings. The molecule has 0 N–H and O–H groups in total. The number of nitrogens with zero attached hydrogens (tertiary/aromatic N) is 2. The molecule has 100 valence electrons. The fraction of sp³-hybridized carbons (Fsp3) is 0.0667. The predicted molar refractivity (Wildman–Crippen MR) is 79.7 cm³/mol. The molecule has 0 spiro atoms. The van der Waals surface area contributed by atoms with Crippen molar-refractivity contribution in [2.45, 2.75) is 6.92 Å². The predicted octanol–water partition coefficient (Wildman–Crippen LogP) is 4.50. The number of para-hydroxylation sites is 1. The highest BCUT2D eigenvalue weighted by Crippen LogP contribution is 2.30. The summed E-state index contributed by atoms with van der Waals surface area (Å²) < 4.78 is 1.81. The fourth-order valence-corrected chi connectivity index (χ4v) is 2.62. The van der Waals surface area contributed by atoms with Gasteiger partial charge >= 0.3 is 0 Å². The van der Waals surface area contributed by atoms with E-state index in [9.17, 15) is 10.1 Å². The summed E-state index contributed by atoms with van der Waals surface area (Å²) in [5, 5.41) is 12.6. The Morgan fingerprint density at radius 3 is 2.65 bits per heavy atom. The lowest BCUT2D eigenvalue weighted by Gasteiger charge is -2.08. The Kier molecular flexibility index (Phi) is 2.95. The number of aryl methyl sites for hydroxylation is 1. The molecule has 20 heavy (non-hydrogen) atoms. The maximum atomic E-state index is 11.1. The van der Waals surface area contributed by atoms with Crippen molar-refractivity contribution in [3.05, 3.63) is 69.4 Å². The Hall–Kier alpha value is -2.33. The van der Waals surface area contributed by atoms with Crippen molar-refractivity contribution >= 4 is 28.2 Å². The number of hydrogen-bond acceptors (Lipinski definition) is 2. The molecule has 0 aliphatic heterocycles. The molecule has 0 aliphatic carbocycles. The quantitative estimate of drug-likeness (QED) is 0.514. The molecule has 3 aromatic rings. The number of fused-ring (bicyclic) bond motifs is 1. The van der Waals surface area contributed by atoms with Gasteiger partial charge in [0.1, 0.15) is 5.15 Å². The SMILES string of the molecule is Cc1ccc(-n2c(Cl)cc3ccccc32)cc1[N+](=O)[O-]. The van der Waals surface area contributed by atoms with Gasteiger partial charge in [0.05, 0.1) is 16.1 Å². The topological polar surface area (TPSA) is 48.1 Å². The second kappa shape index (κ2) is 4.65. The summed E-state index contributed by atoms with van der Waals surface area (Å²) in [7, 11) is 0. The van der Waals surface area contributed by atoms with Crippen LogP contribution < -0.4 is 0 Å². The summed E-state index contributed by atoms with van der Waals surface area (Å²) in [6.45, 7) is 1.72. The monoisotopic (exact) mass is 286 g/mol. The van der Waals surface area contributed by atoms with E-state index in [2.05, 4.69) is 0 Å². The maximum absolute atomic E-state index is 11.1. The van der Waals surface area contributed by atoms with Gasteiger partial charge in [-0.2, -0.15) is 0 Å². The van der Waals surface area contributed by atoms with Crippen molar-refractivity contribution in [2.75, 3.05) is 0 Å². The van der Waals surface area contributed by atoms with Crippen molar-refractivity contribution < 1.29 is 4.92 Å². The Morgan fingerprint density at radius 2 is 1.90 bits per heavy atom. The van der Waals surface area contributed by atoms with Gasteiger partial charge in [-0.05, 0) is 25.1 Å². The summed E-state index contributed by atoms with van der Waals surface area (Å²) in [6, 6.07) is 14.7. The molecule has 0 atom stereocenters. The minimum absolute atomic E-state index is 0.0938. The van der Waals surface area contributed by atoms with E-state index in [-0.39, 0.29) is 10.6 Å². The Bertz CT molecular complexity index is 824. The average Bonchev–Trinajstić information content (AvgIpc) is 2.75. The van der Waals surface area contributed by atoms with Gasteiger partial charge in [-0.3, -0.25) is 14.7 Å². The van der Waals surface area contributed by atoms with Gasteiger partial charge < -0.3 is 0 Å². The molecule has 2 aromatic carbocycles. The van der Waals surface area contributed by atoms with Crippen molar-refractivity contribution in [2.24, 2.45) is 0 Å². The van der Waals surface area contributed by atoms with E-state index >= 15 is 0 Å². The van der Waals surface area contributed by atoms with Crippen molar-refractivity contribution in [1.29, 1.82) is 0 Å². The van der Waals surface area contributed by atoms with Gasteiger partial charge in [0.25, 0.3) is 5.69 Å². The number of rotatable bonds is 2. The normalized spacial score (nSPS) is 10.9. The lowest BCUT2D eigenvalue weighted by atomic mass is 10.2. The third-order valence-corrected chi connectivity index (χ3v) is 3.59. The number of nitro benzene ring substituents is 1. The van der Waals surface area contributed by atoms with E-state index in [1.54, 1.807) is 19.1 Å². The van der Waals surface area contributed by atoms with Crippen LogP contribution in [0, 0.1) is 17.0 Å². The minimum Gasteiger partial charge on any atom is -0.300 e. The zero-order chi connectivity index (χ0) is 14.3. The Labute approximate surface area is 120 Å². The fourth-order valence-electron chi connectivity index (χ4n) is 2.32. The average molecular weight is 287 g/mol. The number of benzene rings is 2. The van der Waals surface area contributed by atoms with E-state index in [0.717, 1.165) is 10.9 Å². The molecular weight excluding hydrogens is 276 g/mol. The van der Waals surface area contributed by atoms with Gasteiger partial charge in [-0.25, -0.2) is 0 Å². The molecule has 1 aromatic heterocycles. The summed E-state index contributed by atoms with van der Waals surface area (Å²) in [4.78, 5) is 10.7. The molecule has 0 amide bonds. The second-order valence-corrected chi connectivity index (χ2v) is 4.98. The lowest BCUT2D eigenvalue weighted by Crippen LogP contribution is -1.97. The van der Waals surface area contributed by atoms with Gasteiger partial charge in [0, 0.05) is 17.0 Å². The van der Waals surface area contributed by atoms with Crippen molar-refractivity contribution in [1.82, 2.24) is 4.57 Å². The standard InChI is InChI=1S/C15H11ClN2O2/c1-10-6-7-12(9-14(10)18(19)20)17-13-5-3-2-4-11(13)8-15(17)16/h2-9H,1H3. The van der Waals surface area contributed by atoms with Crippen molar-refractivity contribution in [3.63, 3.8) is 0 Å². The highest BCUT2D eigenvalue weighted by molar-refractivity contribution is 6.31. The first kappa shape index (κ1) is 12.7. The molecule has 3 rings (SSSR count). The Balaban J connectivity index is 2.28. The van der Waals surface area contributed by atoms with Gasteiger partial charge in [0.15, 0.2) is 0 Å². The third kappa shape index (κ3) is 1.94. The lowest BCUT2D eigenvalue weighted by molar-refractivity contribution is -0.385. The Morgan fingerprint density at radius 1 is 1.15 bits per heavy atom. The van der Waals surface area contributed by atoms with Gasteiger partial charge in [0.2, 0.25) is 0 Å². The molecule has 0 fully saturated rings. The molecule has 4 nitrogen and oxygen atoms in total. The van der Waals surface area contributed by atoms with E-state index in [1.807, 2.05) is 41.0 Å². The van der Waals surface area contributed by atoms with Crippen LogP contribution in [0.15, 0.2) is 48.5 Å². The largest absolute Gasteiger partial charge is 0.300 e. The molecule has 0 radical (unpaired) electrons. The van der Waals surface area contributed by atoms with Crippen LogP contribution in [0.2, 0.25) is 5.15 Å². The summed E-state index contributed by atoms with van der Waals surface area (Å²) >= 11 is 6.27. The van der Waals surface area contributed by atoms with Crippen LogP contribution in [-0.4, -0.2) is 9.49 Å². The number of hydrogen-bond donors (Lipinski definition) is 0. The van der Waals surface area contributed by atoms with Crippen LogP contribution in [0.1, 0.15) is 5.56 Å². The van der Waals surface area contributed by atoms with Gasteiger partial charge in [-0.1, -0.05) is 35.9 Å². The first-order valence-electron chi connectivity index (χ1n) is 6.09. The molecule has 1 heterocycles. The maximum Gasteiger partial charge on any atom is 0.274 e. The highest BCUT2D eigenvalue weighted by Gasteiger charge is 2.14. The van der Waals surface area contributed by atoms with Crippen LogP contribution in [0.5, 0.6) is 0 Å². The van der Waals surface area contributed by atoms with Gasteiger partial charge in [-0.15, -0.1) is 0 Å². The summed E-state index contributed by atoms with van der Waals surface area (Å²) in [6.07, 6.45) is 0. The van der Waals surface area contributed by atoms with E-state index in [4.69, 9.17) is 11.6 Å². The number of nitro groups is 1. The number of aromatic nitrogens is 1. The highest BCUT2D eigenvalue weighted by atomic mass is 35.5. The molecule has 0 bridgehead atoms. The van der Waals surface area contributed by atoms with E-state index < -0.39 is 0 Å². The minimum atomic E-state index is -0.377. The van der Waals surface area contributed by atoms with Crippen LogP contribution in [0.3, 0.4) is 0 Å². The molecule has 0 saturated carbocycles. The molecule has 0 unspecified atom stereocenters. The zero-order valence-electron chi connectivity index (χ0n) is 10.7. The van der Waals surface area contributed by atoms with Crippen LogP contribution in [0.25, 0.3) is 16.6 Å². The van der Waals surface area contributed by atoms with Crippen molar-refractivity contribution in [3.8, 4) is 5.69 Å². The third-order valence-electron chi connectivity index (χ3n) is 3.31. The van der Waals surface area contributed by atoms with Crippen LogP contribution in [0.4, 0.5) is 5.69 Å². The molecular formula is C15H11ClN2O2. The number of halogens is 1. The first-order chi connectivity index (χ1) is 9.58. The smallest absolute Gasteiger partial charge is 0.274 e. The molecule has 5 heteroatoms. The summed E-state index contributed by atoms with van der Waals surface area (Å²) in [5.41, 5.74) is 2.34. The van der Waals surface area contributed by atoms with E-state index in [0.29, 0.717) is 16.4 Å². The molecule has 0 saturated heterocycles. The second-order valence-electron chi connectivity index (χ2n) is 4.59. The van der Waals surface area contributed by atoms with E-state index in [1.165, 1.54) is 0 Å². The summed E-state index contributed by atoms with van der Waals surface area (Å²) in [5.74, 6) is 0.